The molecule has 0 amide bonds. The molecule has 0 rings (SSSR count). The van der Waals surface area contributed by atoms with Crippen molar-refractivity contribution in [2.75, 3.05) is 19.9 Å². The van der Waals surface area contributed by atoms with E-state index in [-0.39, 0.29) is 12.5 Å². The predicted octanol–water partition coefficient (Wildman–Crippen LogP) is 0.397. The molecular formula is C5H9NO2S2. The average molecular weight is 179 g/mol. The van der Waals surface area contributed by atoms with Gasteiger partial charge >= 0.3 is 5.97 Å². The molecule has 1 N–H and O–H groups in total. The Morgan fingerprint density at radius 2 is 2.40 bits per heavy atom. The van der Waals surface area contributed by atoms with E-state index < -0.39 is 0 Å². The lowest BCUT2D eigenvalue weighted by molar-refractivity contribution is -0.139. The molecule has 10 heavy (non-hydrogen) atoms. The van der Waals surface area contributed by atoms with E-state index in [1.54, 1.807) is 0 Å². The van der Waals surface area contributed by atoms with E-state index in [1.807, 2.05) is 6.26 Å². The van der Waals surface area contributed by atoms with Gasteiger partial charge in [-0.05, 0) is 6.26 Å². The van der Waals surface area contributed by atoms with Crippen LogP contribution in [-0.2, 0) is 9.53 Å². The number of thiocarbonyl (C=S) groups is 1. The van der Waals surface area contributed by atoms with Crippen LogP contribution in [0.1, 0.15) is 0 Å². The van der Waals surface area contributed by atoms with Crippen LogP contribution in [0, 0.1) is 0 Å². The molecule has 3 nitrogen and oxygen atoms in total. The smallest absolute Gasteiger partial charge is 0.325 e. The molecule has 0 aliphatic carbocycles. The number of hydrogen-bond acceptors (Lipinski definition) is 4. The predicted molar refractivity (Wildman–Crippen MR) is 46.1 cm³/mol. The first-order valence-electron chi connectivity index (χ1n) is 2.59. The van der Waals surface area contributed by atoms with Gasteiger partial charge in [0.2, 0.25) is 0 Å². The van der Waals surface area contributed by atoms with E-state index in [2.05, 4.69) is 10.1 Å². The fourth-order valence-corrected chi connectivity index (χ4v) is 0.577. The zero-order valence-electron chi connectivity index (χ0n) is 5.84. The summed E-state index contributed by atoms with van der Waals surface area (Å²) in [6.45, 7) is 0.149. The quantitative estimate of drug-likeness (QED) is 0.490. The summed E-state index contributed by atoms with van der Waals surface area (Å²) >= 11 is 6.16. The van der Waals surface area contributed by atoms with E-state index in [0.29, 0.717) is 4.32 Å². The van der Waals surface area contributed by atoms with Crippen LogP contribution < -0.4 is 5.32 Å². The van der Waals surface area contributed by atoms with Crippen molar-refractivity contribution >= 4 is 34.3 Å². The van der Waals surface area contributed by atoms with Gasteiger partial charge in [0.1, 0.15) is 10.9 Å². The number of methoxy groups -OCH3 is 1. The van der Waals surface area contributed by atoms with Crippen LogP contribution >= 0.6 is 24.0 Å². The molecule has 0 unspecified atom stereocenters. The molecule has 5 heteroatoms. The maximum atomic E-state index is 10.5. The Labute approximate surface area is 69.5 Å². The molecule has 0 radical (unpaired) electrons. The molecule has 0 bridgehead atoms. The molecule has 0 atom stereocenters. The minimum Gasteiger partial charge on any atom is -0.468 e. The van der Waals surface area contributed by atoms with Crippen LogP contribution in [-0.4, -0.2) is 30.2 Å². The monoisotopic (exact) mass is 179 g/mol. The maximum absolute atomic E-state index is 10.5. The van der Waals surface area contributed by atoms with Crippen molar-refractivity contribution in [2.45, 2.75) is 0 Å². The van der Waals surface area contributed by atoms with Crippen molar-refractivity contribution in [2.24, 2.45) is 0 Å². The molecule has 0 aliphatic rings. The third kappa shape index (κ3) is 4.58. The van der Waals surface area contributed by atoms with Crippen LogP contribution in [0.5, 0.6) is 0 Å². The number of nitrogens with one attached hydrogen (secondary N) is 1. The lowest BCUT2D eigenvalue weighted by Crippen LogP contribution is -2.26. The zero-order valence-corrected chi connectivity index (χ0v) is 7.47. The van der Waals surface area contributed by atoms with Gasteiger partial charge in [-0.1, -0.05) is 12.2 Å². The van der Waals surface area contributed by atoms with Gasteiger partial charge in [0.05, 0.1) is 7.11 Å². The van der Waals surface area contributed by atoms with E-state index in [0.717, 1.165) is 0 Å². The molecule has 0 spiro atoms. The second kappa shape index (κ2) is 5.49. The van der Waals surface area contributed by atoms with Crippen molar-refractivity contribution in [3.05, 3.63) is 0 Å². The minimum atomic E-state index is -0.309. The fraction of sp³-hybridized carbons (Fsp3) is 0.600. The van der Waals surface area contributed by atoms with E-state index >= 15 is 0 Å². The van der Waals surface area contributed by atoms with Crippen molar-refractivity contribution in [1.29, 1.82) is 0 Å². The summed E-state index contributed by atoms with van der Waals surface area (Å²) < 4.78 is 4.98. The van der Waals surface area contributed by atoms with Crippen LogP contribution in [0.2, 0.25) is 0 Å². The molecule has 0 saturated carbocycles. The average Bonchev–Trinajstić information content (AvgIpc) is 1.99. The lowest BCUT2D eigenvalue weighted by atomic mass is 10.7. The van der Waals surface area contributed by atoms with Gasteiger partial charge in [0.15, 0.2) is 0 Å². The Hall–Kier alpha value is -0.290. The van der Waals surface area contributed by atoms with E-state index in [4.69, 9.17) is 12.2 Å². The Kier molecular flexibility index (Phi) is 5.33. The second-order valence-electron chi connectivity index (χ2n) is 1.42. The molecule has 0 fully saturated rings. The summed E-state index contributed by atoms with van der Waals surface area (Å²) in [5.74, 6) is -0.309. The number of carbonyl (C=O) groups is 1. The largest absolute Gasteiger partial charge is 0.468 e. The second-order valence-corrected chi connectivity index (χ2v) is 2.90. The third-order valence-corrected chi connectivity index (χ3v) is 1.95. The number of hydrogen-bond donors (Lipinski definition) is 1. The van der Waals surface area contributed by atoms with E-state index in [1.165, 1.54) is 18.9 Å². The molecule has 0 aromatic rings. The number of ether oxygens (including phenoxy) is 1. The number of thioether (sulfide) groups is 1. The van der Waals surface area contributed by atoms with Gasteiger partial charge in [-0.25, -0.2) is 0 Å². The summed E-state index contributed by atoms with van der Waals surface area (Å²) in [7, 11) is 1.34. The fourth-order valence-electron chi connectivity index (χ4n) is 0.289. The molecule has 0 saturated heterocycles. The van der Waals surface area contributed by atoms with Crippen molar-refractivity contribution < 1.29 is 9.53 Å². The first-order valence-corrected chi connectivity index (χ1v) is 4.22. The Morgan fingerprint density at radius 3 is 2.80 bits per heavy atom. The number of rotatable bonds is 2. The zero-order chi connectivity index (χ0) is 7.98. The Balaban J connectivity index is 3.35. The molecule has 0 heterocycles. The SMILES string of the molecule is COC(=O)CNC(=S)SC. The number of carbonyl (C=O) groups excluding carboxylic acids is 1. The first kappa shape index (κ1) is 9.71. The molecule has 0 aromatic heterocycles. The third-order valence-electron chi connectivity index (χ3n) is 0.790. The van der Waals surface area contributed by atoms with Gasteiger partial charge in [-0.15, -0.1) is 11.8 Å². The Morgan fingerprint density at radius 1 is 1.80 bits per heavy atom. The normalized spacial score (nSPS) is 8.60. The maximum Gasteiger partial charge on any atom is 0.325 e. The standard InChI is InChI=1S/C5H9NO2S2/c1-8-4(7)3-6-5(9)10-2/h3H2,1-2H3,(H,6,9). The highest BCUT2D eigenvalue weighted by molar-refractivity contribution is 8.22. The summed E-state index contributed by atoms with van der Waals surface area (Å²) in [4.78, 5) is 10.5. The van der Waals surface area contributed by atoms with Gasteiger partial charge in [0, 0.05) is 0 Å². The molecule has 58 valence electrons. The van der Waals surface area contributed by atoms with Crippen molar-refractivity contribution in [1.82, 2.24) is 5.32 Å². The first-order chi connectivity index (χ1) is 4.70. The summed E-state index contributed by atoms with van der Waals surface area (Å²) in [5.41, 5.74) is 0. The number of esters is 1. The van der Waals surface area contributed by atoms with Gasteiger partial charge in [-0.3, -0.25) is 4.79 Å². The summed E-state index contributed by atoms with van der Waals surface area (Å²) in [6, 6.07) is 0. The van der Waals surface area contributed by atoms with Crippen molar-refractivity contribution in [3.8, 4) is 0 Å². The molecular weight excluding hydrogens is 170 g/mol. The van der Waals surface area contributed by atoms with Gasteiger partial charge in [0.25, 0.3) is 0 Å². The topological polar surface area (TPSA) is 38.3 Å². The summed E-state index contributed by atoms with van der Waals surface area (Å²) in [5, 5.41) is 2.70. The minimum absolute atomic E-state index is 0.149. The highest BCUT2D eigenvalue weighted by Gasteiger charge is 1.98. The van der Waals surface area contributed by atoms with Gasteiger partial charge in [-0.2, -0.15) is 0 Å². The Bertz CT molecular complexity index is 122. The molecule has 0 aliphatic heterocycles. The van der Waals surface area contributed by atoms with Crippen LogP contribution in [0.25, 0.3) is 0 Å². The highest BCUT2D eigenvalue weighted by Crippen LogP contribution is 1.92. The van der Waals surface area contributed by atoms with Crippen LogP contribution in [0.4, 0.5) is 0 Å². The van der Waals surface area contributed by atoms with Crippen LogP contribution in [0.15, 0.2) is 0 Å². The lowest BCUT2D eigenvalue weighted by Gasteiger charge is -2.01. The van der Waals surface area contributed by atoms with Crippen LogP contribution in [0.3, 0.4) is 0 Å². The molecule has 0 aromatic carbocycles. The highest BCUT2D eigenvalue weighted by atomic mass is 32.2. The van der Waals surface area contributed by atoms with E-state index in [9.17, 15) is 4.79 Å². The van der Waals surface area contributed by atoms with Gasteiger partial charge < -0.3 is 10.1 Å². The summed E-state index contributed by atoms with van der Waals surface area (Å²) in [6.07, 6.45) is 1.84. The van der Waals surface area contributed by atoms with Crippen molar-refractivity contribution in [3.63, 3.8) is 0 Å².